The van der Waals surface area contributed by atoms with Crippen molar-refractivity contribution in [1.82, 2.24) is 0 Å². The molecule has 0 fully saturated rings. The average Bonchev–Trinajstić information content (AvgIpc) is 3.82. The molecule has 250 valence electrons. The third-order valence-electron chi connectivity index (χ3n) is 10.9. The molecule has 0 aromatic heterocycles. The molecule has 4 nitrogen and oxygen atoms in total. The zero-order chi connectivity index (χ0) is 35.6. The predicted molar refractivity (Wildman–Crippen MR) is 228 cm³/mol. The van der Waals surface area contributed by atoms with Gasteiger partial charge < -0.3 is 19.2 Å². The quantitative estimate of drug-likeness (QED) is 0.171. The highest BCUT2D eigenvalue weighted by atomic mass is 15.3. The molecule has 8 aromatic rings. The fraction of sp³-hybridized carbons (Fsp3) is 0. The maximum atomic E-state index is 2.41. The molecule has 0 unspecified atom stereocenters. The topological polar surface area (TPSA) is 13.0 Å². The van der Waals surface area contributed by atoms with Crippen LogP contribution < -0.4 is 19.2 Å². The Labute approximate surface area is 317 Å². The average molecular weight is 686 g/mol. The van der Waals surface area contributed by atoms with Gasteiger partial charge in [0.25, 0.3) is 0 Å². The molecule has 2 aliphatic heterocycles. The van der Waals surface area contributed by atoms with Crippen molar-refractivity contribution in [3.05, 3.63) is 194 Å². The lowest BCUT2D eigenvalue weighted by atomic mass is 9.80. The maximum Gasteiger partial charge on any atom is 0.401 e. The molecule has 0 saturated heterocycles. The molecule has 0 amide bonds. The van der Waals surface area contributed by atoms with Crippen molar-refractivity contribution >= 4 is 60.6 Å². The number of fused-ring (bicyclic) bond motifs is 10. The number of benzene rings is 8. The van der Waals surface area contributed by atoms with E-state index in [1.165, 1.54) is 44.5 Å². The van der Waals surface area contributed by atoms with E-state index in [-0.39, 0.29) is 0 Å². The summed E-state index contributed by atoms with van der Waals surface area (Å²) in [5.41, 5.74) is 18.8. The van der Waals surface area contributed by atoms with Crippen molar-refractivity contribution in [1.29, 1.82) is 0 Å². The fourth-order valence-corrected chi connectivity index (χ4v) is 8.38. The van der Waals surface area contributed by atoms with Gasteiger partial charge in [-0.05, 0) is 117 Å². The summed E-state index contributed by atoms with van der Waals surface area (Å²) in [6.45, 7) is 0. The minimum Gasteiger partial charge on any atom is -0.367 e. The van der Waals surface area contributed by atoms with E-state index in [0.29, 0.717) is 0 Å². The molecule has 2 radical (unpaired) electrons. The third kappa shape index (κ3) is 4.80. The van der Waals surface area contributed by atoms with Crippen LogP contribution in [0, 0.1) is 0 Å². The van der Waals surface area contributed by atoms with Crippen molar-refractivity contribution in [3.8, 4) is 44.5 Å². The van der Waals surface area contributed by atoms with Gasteiger partial charge >= 0.3 is 15.1 Å². The van der Waals surface area contributed by atoms with Crippen LogP contribution in [0.1, 0.15) is 0 Å². The summed E-state index contributed by atoms with van der Waals surface area (Å²) in [5.74, 6) is 0. The van der Waals surface area contributed by atoms with E-state index in [9.17, 15) is 0 Å². The molecule has 0 saturated carbocycles. The van der Waals surface area contributed by atoms with Gasteiger partial charge in [0.1, 0.15) is 0 Å². The van der Waals surface area contributed by atoms with Crippen LogP contribution in [0.25, 0.3) is 44.5 Å². The highest BCUT2D eigenvalue weighted by Crippen LogP contribution is 2.56. The Morgan fingerprint density at radius 2 is 0.426 bits per heavy atom. The van der Waals surface area contributed by atoms with E-state index >= 15 is 0 Å². The monoisotopic (exact) mass is 686 g/mol. The molecule has 2 heterocycles. The van der Waals surface area contributed by atoms with Gasteiger partial charge in [0.15, 0.2) is 0 Å². The SMILES string of the molecule is [B]1N(c2ccccc2)c2cc3c(cc2N1c1ccccc1)-c1ccccc1-c1cc2c(cc1-c1ccccc1-3)N(c1ccccc1)[B]N2c1ccccc1. The molecule has 1 aliphatic carbocycles. The molecule has 0 N–H and O–H groups in total. The van der Waals surface area contributed by atoms with Crippen LogP contribution in [-0.4, -0.2) is 15.1 Å². The minimum absolute atomic E-state index is 1.12. The van der Waals surface area contributed by atoms with Gasteiger partial charge in [-0.3, -0.25) is 0 Å². The Kier molecular flexibility index (Phi) is 7.02. The molecule has 8 aromatic carbocycles. The summed E-state index contributed by atoms with van der Waals surface area (Å²) in [6, 6.07) is 70.1. The summed E-state index contributed by atoms with van der Waals surface area (Å²) in [7, 11) is 4.46. The number of hydrogen-bond acceptors (Lipinski definition) is 4. The van der Waals surface area contributed by atoms with E-state index in [1.807, 2.05) is 0 Å². The lowest BCUT2D eigenvalue weighted by Crippen LogP contribution is -2.28. The van der Waals surface area contributed by atoms with E-state index in [0.717, 1.165) is 45.5 Å². The van der Waals surface area contributed by atoms with Gasteiger partial charge in [-0.1, -0.05) is 121 Å². The van der Waals surface area contributed by atoms with Crippen LogP contribution in [0.5, 0.6) is 0 Å². The second-order valence-electron chi connectivity index (χ2n) is 13.9. The van der Waals surface area contributed by atoms with Gasteiger partial charge in [0.2, 0.25) is 0 Å². The lowest BCUT2D eigenvalue weighted by molar-refractivity contribution is 1.42. The van der Waals surface area contributed by atoms with Crippen molar-refractivity contribution in [2.24, 2.45) is 0 Å². The zero-order valence-corrected chi connectivity index (χ0v) is 29.4. The van der Waals surface area contributed by atoms with E-state index in [2.05, 4.69) is 228 Å². The van der Waals surface area contributed by atoms with E-state index in [4.69, 9.17) is 0 Å². The minimum atomic E-state index is 1.12. The Hall–Kier alpha value is -6.91. The normalized spacial score (nSPS) is 13.3. The molecular weight excluding hydrogens is 654 g/mol. The standard InChI is InChI=1S/C48H32B2N4/c1-5-17-33(18-6-1)51-45-29-41-37-25-13-14-26-38(37)43-31-47-48(54(36-23-11-4-12-24-36)50-53(47)35-21-9-3-10-22-35)32-44(43)40-28-16-15-27-39(40)42(41)30-46(45)52(49-51)34-19-7-2-8-20-34/h1-32H. The van der Waals surface area contributed by atoms with Crippen LogP contribution in [-0.2, 0) is 0 Å². The molecule has 0 atom stereocenters. The fourth-order valence-electron chi connectivity index (χ4n) is 8.38. The predicted octanol–water partition coefficient (Wildman–Crippen LogP) is 12.3. The van der Waals surface area contributed by atoms with Gasteiger partial charge in [-0.2, -0.15) is 0 Å². The number of anilines is 8. The summed E-state index contributed by atoms with van der Waals surface area (Å²) >= 11 is 0. The molecule has 0 spiro atoms. The molecule has 3 aliphatic rings. The zero-order valence-electron chi connectivity index (χ0n) is 29.4. The van der Waals surface area contributed by atoms with Crippen LogP contribution >= 0.6 is 0 Å². The lowest BCUT2D eigenvalue weighted by Gasteiger charge is -2.27. The summed E-state index contributed by atoms with van der Waals surface area (Å²) < 4.78 is 0. The van der Waals surface area contributed by atoms with Crippen molar-refractivity contribution in [2.75, 3.05) is 19.2 Å². The van der Waals surface area contributed by atoms with Crippen LogP contribution in [0.15, 0.2) is 194 Å². The Morgan fingerprint density at radius 1 is 0.222 bits per heavy atom. The Balaban J connectivity index is 1.18. The van der Waals surface area contributed by atoms with Gasteiger partial charge in [-0.15, -0.1) is 0 Å². The Bertz CT molecular complexity index is 2320. The highest BCUT2D eigenvalue weighted by Gasteiger charge is 2.36. The first-order valence-corrected chi connectivity index (χ1v) is 18.4. The van der Waals surface area contributed by atoms with E-state index in [1.54, 1.807) is 0 Å². The van der Waals surface area contributed by atoms with Gasteiger partial charge in [0, 0.05) is 22.7 Å². The third-order valence-corrected chi connectivity index (χ3v) is 10.9. The van der Waals surface area contributed by atoms with Crippen molar-refractivity contribution in [3.63, 3.8) is 0 Å². The molecule has 54 heavy (non-hydrogen) atoms. The van der Waals surface area contributed by atoms with Crippen LogP contribution in [0.2, 0.25) is 0 Å². The van der Waals surface area contributed by atoms with Crippen LogP contribution in [0.4, 0.5) is 45.5 Å². The maximum absolute atomic E-state index is 2.41. The molecule has 0 bridgehead atoms. The molecular formula is C48H32B2N4. The summed E-state index contributed by atoms with van der Waals surface area (Å²) in [4.78, 5) is 9.29. The number of hydrogen-bond donors (Lipinski definition) is 0. The second-order valence-corrected chi connectivity index (χ2v) is 13.9. The molecule has 6 heteroatoms. The first-order chi connectivity index (χ1) is 26.8. The van der Waals surface area contributed by atoms with Crippen molar-refractivity contribution in [2.45, 2.75) is 0 Å². The Morgan fingerprint density at radius 3 is 0.648 bits per heavy atom. The largest absolute Gasteiger partial charge is 0.401 e. The number of nitrogens with zero attached hydrogens (tertiary/aromatic N) is 4. The summed E-state index contributed by atoms with van der Waals surface area (Å²) in [5, 5.41) is 0. The summed E-state index contributed by atoms with van der Waals surface area (Å²) in [6.07, 6.45) is 0. The molecule has 11 rings (SSSR count). The number of rotatable bonds is 4. The van der Waals surface area contributed by atoms with Gasteiger partial charge in [-0.25, -0.2) is 0 Å². The second kappa shape index (κ2) is 12.4. The number of para-hydroxylation sites is 4. The van der Waals surface area contributed by atoms with Crippen molar-refractivity contribution < 1.29 is 0 Å². The van der Waals surface area contributed by atoms with Gasteiger partial charge in [0.05, 0.1) is 22.7 Å². The van der Waals surface area contributed by atoms with Crippen LogP contribution in [0.3, 0.4) is 0 Å². The smallest absolute Gasteiger partial charge is 0.367 e. The first-order valence-electron chi connectivity index (χ1n) is 18.4. The first kappa shape index (κ1) is 30.7. The highest BCUT2D eigenvalue weighted by molar-refractivity contribution is 6.56. The van der Waals surface area contributed by atoms with E-state index < -0.39 is 0 Å².